The fourth-order valence-corrected chi connectivity index (χ4v) is 3.39. The van der Waals surface area contributed by atoms with E-state index in [0.29, 0.717) is 28.0 Å². The molecule has 0 fully saturated rings. The fraction of sp³-hybridized carbons (Fsp3) is 0.167. The van der Waals surface area contributed by atoms with Crippen LogP contribution in [0.1, 0.15) is 32.6 Å². The van der Waals surface area contributed by atoms with E-state index in [1.54, 1.807) is 49.7 Å². The van der Waals surface area contributed by atoms with Gasteiger partial charge in [0.25, 0.3) is 5.91 Å². The van der Waals surface area contributed by atoms with E-state index in [-0.39, 0.29) is 5.91 Å². The van der Waals surface area contributed by atoms with Crippen molar-refractivity contribution in [1.29, 1.82) is 0 Å². The van der Waals surface area contributed by atoms with Crippen molar-refractivity contribution in [2.45, 2.75) is 20.5 Å². The monoisotopic (exact) mass is 456 g/mol. The first kappa shape index (κ1) is 22.7. The van der Waals surface area contributed by atoms with Gasteiger partial charge in [-0.2, -0.15) is 5.10 Å². The van der Waals surface area contributed by atoms with E-state index in [1.165, 1.54) is 0 Å². The van der Waals surface area contributed by atoms with Crippen molar-refractivity contribution in [2.75, 3.05) is 7.11 Å². The maximum atomic E-state index is 12.2. The van der Waals surface area contributed by atoms with Crippen LogP contribution in [0.15, 0.2) is 59.7 Å². The molecule has 3 rings (SSSR count). The quantitative estimate of drug-likeness (QED) is 0.352. The van der Waals surface area contributed by atoms with E-state index in [0.717, 1.165) is 28.0 Å². The normalized spacial score (nSPS) is 10.9. The number of methoxy groups -OCH3 is 1. The third kappa shape index (κ3) is 6.00. The molecule has 0 aromatic heterocycles. The van der Waals surface area contributed by atoms with Crippen molar-refractivity contribution in [1.82, 2.24) is 5.43 Å². The average molecular weight is 457 g/mol. The van der Waals surface area contributed by atoms with Gasteiger partial charge in [-0.1, -0.05) is 35.3 Å². The lowest BCUT2D eigenvalue weighted by atomic mass is 10.1. The number of nitrogens with one attached hydrogen (secondary N) is 1. The van der Waals surface area contributed by atoms with Gasteiger partial charge in [0, 0.05) is 5.56 Å². The summed E-state index contributed by atoms with van der Waals surface area (Å²) in [6, 6.07) is 16.2. The first-order valence-corrected chi connectivity index (χ1v) is 10.3. The Kier molecular flexibility index (Phi) is 7.55. The summed E-state index contributed by atoms with van der Waals surface area (Å²) in [5.74, 6) is 1.09. The summed E-state index contributed by atoms with van der Waals surface area (Å²) in [6.07, 6.45) is 1.60. The van der Waals surface area contributed by atoms with Crippen LogP contribution in [0, 0.1) is 13.8 Å². The van der Waals surface area contributed by atoms with E-state index < -0.39 is 0 Å². The Balaban J connectivity index is 1.65. The van der Waals surface area contributed by atoms with Gasteiger partial charge in [-0.25, -0.2) is 5.43 Å². The van der Waals surface area contributed by atoms with Gasteiger partial charge in [0.2, 0.25) is 0 Å². The summed E-state index contributed by atoms with van der Waals surface area (Å²) < 4.78 is 11.1. The average Bonchev–Trinajstić information content (AvgIpc) is 2.75. The molecule has 3 aromatic rings. The number of amides is 1. The Morgan fingerprint density at radius 3 is 2.45 bits per heavy atom. The van der Waals surface area contributed by atoms with Gasteiger partial charge in [0.15, 0.2) is 0 Å². The molecule has 5 nitrogen and oxygen atoms in total. The molecule has 0 unspecified atom stereocenters. The summed E-state index contributed by atoms with van der Waals surface area (Å²) in [4.78, 5) is 12.2. The number of carbonyl (C=O) groups excluding carboxylic acids is 1. The fourth-order valence-electron chi connectivity index (χ4n) is 3.07. The predicted octanol–water partition coefficient (Wildman–Crippen LogP) is 5.96. The molecule has 0 aliphatic carbocycles. The second-order valence-corrected chi connectivity index (χ2v) is 7.77. The summed E-state index contributed by atoms with van der Waals surface area (Å²) >= 11 is 12.0. The predicted molar refractivity (Wildman–Crippen MR) is 125 cm³/mol. The zero-order chi connectivity index (χ0) is 22.4. The second-order valence-electron chi connectivity index (χ2n) is 6.95. The van der Waals surface area contributed by atoms with Crippen LogP contribution < -0.4 is 14.9 Å². The molecule has 0 heterocycles. The van der Waals surface area contributed by atoms with Gasteiger partial charge in [-0.15, -0.1) is 0 Å². The number of hydrazone groups is 1. The minimum atomic E-state index is -0.315. The lowest BCUT2D eigenvalue weighted by Crippen LogP contribution is -2.17. The lowest BCUT2D eigenvalue weighted by molar-refractivity contribution is 0.0955. The zero-order valence-corrected chi connectivity index (χ0v) is 18.9. The van der Waals surface area contributed by atoms with Crippen molar-refractivity contribution >= 4 is 35.3 Å². The molecule has 7 heteroatoms. The molecule has 31 heavy (non-hydrogen) atoms. The van der Waals surface area contributed by atoms with Crippen molar-refractivity contribution in [3.05, 3.63) is 92.5 Å². The molecule has 1 amide bonds. The summed E-state index contributed by atoms with van der Waals surface area (Å²) in [6.45, 7) is 4.30. The number of halogens is 2. The Bertz CT molecular complexity index is 1110. The number of hydrogen-bond acceptors (Lipinski definition) is 4. The summed E-state index contributed by atoms with van der Waals surface area (Å²) in [5, 5.41) is 5.08. The summed E-state index contributed by atoms with van der Waals surface area (Å²) in [7, 11) is 1.55. The topological polar surface area (TPSA) is 59.9 Å². The van der Waals surface area contributed by atoms with E-state index in [1.807, 2.05) is 32.0 Å². The second kappa shape index (κ2) is 10.3. The number of benzene rings is 3. The molecule has 0 bridgehead atoms. The minimum absolute atomic E-state index is 0.315. The van der Waals surface area contributed by atoms with Crippen LogP contribution in [0.5, 0.6) is 11.5 Å². The highest BCUT2D eigenvalue weighted by molar-refractivity contribution is 6.42. The van der Waals surface area contributed by atoms with Gasteiger partial charge in [-0.3, -0.25) is 4.79 Å². The smallest absolute Gasteiger partial charge is 0.271 e. The van der Waals surface area contributed by atoms with Gasteiger partial charge in [0.05, 0.1) is 23.4 Å². The Hall–Kier alpha value is -3.02. The van der Waals surface area contributed by atoms with E-state index in [4.69, 9.17) is 32.7 Å². The molecule has 160 valence electrons. The number of ether oxygens (including phenoxy) is 2. The number of hydrogen-bond donors (Lipinski definition) is 1. The van der Waals surface area contributed by atoms with Crippen molar-refractivity contribution in [2.24, 2.45) is 5.10 Å². The van der Waals surface area contributed by atoms with Crippen LogP contribution in [-0.2, 0) is 6.61 Å². The van der Waals surface area contributed by atoms with E-state index in [2.05, 4.69) is 10.5 Å². The minimum Gasteiger partial charge on any atom is -0.497 e. The number of rotatable bonds is 7. The van der Waals surface area contributed by atoms with Crippen LogP contribution in [0.2, 0.25) is 10.0 Å². The van der Waals surface area contributed by atoms with Gasteiger partial charge < -0.3 is 9.47 Å². The Labute approximate surface area is 191 Å². The number of carbonyl (C=O) groups is 1. The molecule has 1 N–H and O–H groups in total. The molecular weight excluding hydrogens is 435 g/mol. The van der Waals surface area contributed by atoms with Gasteiger partial charge in [0.1, 0.15) is 18.1 Å². The SMILES string of the molecule is COc1cccc(C(=O)N/N=C\c2cc(C)c(OCc3ccc(Cl)c(Cl)c3)c(C)c2)c1. The van der Waals surface area contributed by atoms with Crippen LogP contribution in [0.4, 0.5) is 0 Å². The molecule has 0 aliphatic rings. The first-order valence-electron chi connectivity index (χ1n) is 9.53. The van der Waals surface area contributed by atoms with Gasteiger partial charge >= 0.3 is 0 Å². The maximum Gasteiger partial charge on any atom is 0.271 e. The first-order chi connectivity index (χ1) is 14.9. The Morgan fingerprint density at radius 1 is 1.03 bits per heavy atom. The molecule has 3 aromatic carbocycles. The highest BCUT2D eigenvalue weighted by Crippen LogP contribution is 2.27. The Morgan fingerprint density at radius 2 is 1.77 bits per heavy atom. The van der Waals surface area contributed by atoms with Crippen LogP contribution in [0.25, 0.3) is 0 Å². The molecule has 0 saturated heterocycles. The third-order valence-electron chi connectivity index (χ3n) is 4.56. The largest absolute Gasteiger partial charge is 0.497 e. The molecule has 0 saturated carbocycles. The van der Waals surface area contributed by atoms with Crippen molar-refractivity contribution < 1.29 is 14.3 Å². The maximum absolute atomic E-state index is 12.2. The number of aryl methyl sites for hydroxylation is 2. The molecular formula is C24H22Cl2N2O3. The van der Waals surface area contributed by atoms with E-state index in [9.17, 15) is 4.79 Å². The van der Waals surface area contributed by atoms with E-state index >= 15 is 0 Å². The lowest BCUT2D eigenvalue weighted by Gasteiger charge is -2.13. The van der Waals surface area contributed by atoms with Crippen LogP contribution in [0.3, 0.4) is 0 Å². The standard InChI is InChI=1S/C24H22Cl2N2O3/c1-15-9-18(13-27-28-24(29)19-5-4-6-20(12-19)30-3)10-16(2)23(15)31-14-17-7-8-21(25)22(26)11-17/h4-13H,14H2,1-3H3,(H,28,29)/b27-13-. The number of nitrogens with zero attached hydrogens (tertiary/aromatic N) is 1. The molecule has 0 atom stereocenters. The molecule has 0 radical (unpaired) electrons. The van der Waals surface area contributed by atoms with Crippen molar-refractivity contribution in [3.63, 3.8) is 0 Å². The zero-order valence-electron chi connectivity index (χ0n) is 17.4. The van der Waals surface area contributed by atoms with Crippen LogP contribution >= 0.6 is 23.2 Å². The van der Waals surface area contributed by atoms with Crippen LogP contribution in [-0.4, -0.2) is 19.2 Å². The highest BCUT2D eigenvalue weighted by Gasteiger charge is 2.08. The molecule has 0 spiro atoms. The summed E-state index contributed by atoms with van der Waals surface area (Å²) in [5.41, 5.74) is 6.69. The highest BCUT2D eigenvalue weighted by atomic mass is 35.5. The molecule has 0 aliphatic heterocycles. The van der Waals surface area contributed by atoms with Gasteiger partial charge in [-0.05, 0) is 78.6 Å². The third-order valence-corrected chi connectivity index (χ3v) is 5.30. The van der Waals surface area contributed by atoms with Crippen molar-refractivity contribution in [3.8, 4) is 11.5 Å².